The van der Waals surface area contributed by atoms with E-state index in [0.717, 1.165) is 5.56 Å². The van der Waals surface area contributed by atoms with Gasteiger partial charge in [0, 0.05) is 17.7 Å². The number of rotatable bonds is 3. The quantitative estimate of drug-likeness (QED) is 0.753. The Hall–Kier alpha value is -2.60. The van der Waals surface area contributed by atoms with Crippen molar-refractivity contribution in [2.24, 2.45) is 0 Å². The zero-order valence-corrected chi connectivity index (χ0v) is 11.7. The van der Waals surface area contributed by atoms with Crippen molar-refractivity contribution in [3.05, 3.63) is 47.2 Å². The Kier molecular flexibility index (Phi) is 3.23. The molecular weight excluding hydrogens is 294 g/mol. The number of carboxylic acid groups (broad SMARTS) is 1. The Morgan fingerprint density at radius 1 is 1.33 bits per heavy atom. The predicted molar refractivity (Wildman–Crippen MR) is 76.9 cm³/mol. The summed E-state index contributed by atoms with van der Waals surface area (Å²) in [6.07, 6.45) is 0. The smallest absolute Gasteiger partial charge is 0.354 e. The van der Waals surface area contributed by atoms with Crippen molar-refractivity contribution >= 4 is 23.2 Å². The Labute approximate surface area is 124 Å². The van der Waals surface area contributed by atoms with Gasteiger partial charge in [-0.2, -0.15) is 5.10 Å². The van der Waals surface area contributed by atoms with Crippen LogP contribution in [0.2, 0.25) is 5.15 Å². The molecule has 0 spiro atoms. The molecule has 21 heavy (non-hydrogen) atoms. The lowest BCUT2D eigenvalue weighted by Crippen LogP contribution is -2.03. The molecule has 2 aromatic heterocycles. The van der Waals surface area contributed by atoms with Gasteiger partial charge in [-0.1, -0.05) is 23.7 Å². The van der Waals surface area contributed by atoms with Gasteiger partial charge in [0.2, 0.25) is 0 Å². The van der Waals surface area contributed by atoms with Gasteiger partial charge in [-0.3, -0.25) is 0 Å². The maximum Gasteiger partial charge on any atom is 0.354 e. The van der Waals surface area contributed by atoms with E-state index in [9.17, 15) is 4.79 Å². The Bertz CT molecular complexity index is 845. The Balaban J connectivity index is 2.16. The molecule has 0 aliphatic carbocycles. The van der Waals surface area contributed by atoms with Gasteiger partial charge < -0.3 is 9.84 Å². The molecule has 0 atom stereocenters. The van der Waals surface area contributed by atoms with Crippen LogP contribution in [0, 0.1) is 0 Å². The van der Waals surface area contributed by atoms with Crippen LogP contribution < -0.4 is 4.74 Å². The number of methoxy groups -OCH3 is 1. The fourth-order valence-corrected chi connectivity index (χ4v) is 2.20. The van der Waals surface area contributed by atoms with Crippen LogP contribution in [0.4, 0.5) is 0 Å². The summed E-state index contributed by atoms with van der Waals surface area (Å²) in [6.45, 7) is 0. The standard InChI is InChI=1S/C14H10ClN3O3/c1-21-9-4-2-3-8(5-9)10-7-13-16-11(14(19)20)6-12(15)18(13)17-10/h2-7H,1H3,(H,19,20). The van der Waals surface area contributed by atoms with E-state index < -0.39 is 5.97 Å². The van der Waals surface area contributed by atoms with Crippen LogP contribution in [0.3, 0.4) is 0 Å². The van der Waals surface area contributed by atoms with Crippen LogP contribution in [-0.4, -0.2) is 32.8 Å². The molecule has 0 unspecified atom stereocenters. The molecule has 1 N–H and O–H groups in total. The van der Waals surface area contributed by atoms with E-state index in [1.165, 1.54) is 10.6 Å². The summed E-state index contributed by atoms with van der Waals surface area (Å²) in [5.41, 5.74) is 1.71. The van der Waals surface area contributed by atoms with E-state index >= 15 is 0 Å². The summed E-state index contributed by atoms with van der Waals surface area (Å²) < 4.78 is 6.56. The van der Waals surface area contributed by atoms with Crippen LogP contribution in [-0.2, 0) is 0 Å². The summed E-state index contributed by atoms with van der Waals surface area (Å²) in [7, 11) is 1.58. The monoisotopic (exact) mass is 303 g/mol. The summed E-state index contributed by atoms with van der Waals surface area (Å²) in [6, 6.07) is 10.3. The second kappa shape index (κ2) is 5.06. The number of hydrogen-bond donors (Lipinski definition) is 1. The predicted octanol–water partition coefficient (Wildman–Crippen LogP) is 2.76. The first-order chi connectivity index (χ1) is 10.1. The second-order valence-electron chi connectivity index (χ2n) is 4.30. The molecule has 0 saturated heterocycles. The Morgan fingerprint density at radius 3 is 2.86 bits per heavy atom. The number of aromatic nitrogens is 3. The van der Waals surface area contributed by atoms with Crippen molar-refractivity contribution in [1.29, 1.82) is 0 Å². The molecule has 2 heterocycles. The molecule has 0 amide bonds. The minimum atomic E-state index is -1.14. The van der Waals surface area contributed by atoms with E-state index in [1.54, 1.807) is 13.2 Å². The van der Waals surface area contributed by atoms with Gasteiger partial charge in [0.25, 0.3) is 0 Å². The topological polar surface area (TPSA) is 76.7 Å². The van der Waals surface area contributed by atoms with E-state index in [-0.39, 0.29) is 10.8 Å². The van der Waals surface area contributed by atoms with E-state index in [2.05, 4.69) is 10.1 Å². The summed E-state index contributed by atoms with van der Waals surface area (Å²) >= 11 is 6.04. The third-order valence-corrected chi connectivity index (χ3v) is 3.24. The highest BCUT2D eigenvalue weighted by Crippen LogP contribution is 2.25. The minimum absolute atomic E-state index is 0.121. The highest BCUT2D eigenvalue weighted by Gasteiger charge is 2.13. The zero-order valence-electron chi connectivity index (χ0n) is 10.9. The molecule has 3 rings (SSSR count). The lowest BCUT2D eigenvalue weighted by atomic mass is 10.1. The van der Waals surface area contributed by atoms with Gasteiger partial charge in [-0.15, -0.1) is 0 Å². The Morgan fingerprint density at radius 2 is 2.14 bits per heavy atom. The van der Waals surface area contributed by atoms with E-state index in [1.807, 2.05) is 24.3 Å². The van der Waals surface area contributed by atoms with Gasteiger partial charge in [0.05, 0.1) is 12.8 Å². The average Bonchev–Trinajstić information content (AvgIpc) is 2.92. The van der Waals surface area contributed by atoms with Crippen molar-refractivity contribution in [2.45, 2.75) is 0 Å². The lowest BCUT2D eigenvalue weighted by Gasteiger charge is -2.01. The van der Waals surface area contributed by atoms with E-state index in [4.69, 9.17) is 21.4 Å². The maximum atomic E-state index is 11.0. The van der Waals surface area contributed by atoms with Crippen LogP contribution in [0.15, 0.2) is 36.4 Å². The number of halogens is 1. The molecule has 0 bridgehead atoms. The highest BCUT2D eigenvalue weighted by atomic mass is 35.5. The fraction of sp³-hybridized carbons (Fsp3) is 0.0714. The largest absolute Gasteiger partial charge is 0.497 e. The molecule has 0 aliphatic heterocycles. The summed E-state index contributed by atoms with van der Waals surface area (Å²) in [4.78, 5) is 15.0. The number of aromatic carboxylic acids is 1. The first kappa shape index (κ1) is 13.4. The second-order valence-corrected chi connectivity index (χ2v) is 4.69. The summed E-state index contributed by atoms with van der Waals surface area (Å²) in [5.74, 6) is -0.432. The van der Waals surface area contributed by atoms with Gasteiger partial charge in [0.1, 0.15) is 10.9 Å². The molecule has 0 radical (unpaired) electrons. The minimum Gasteiger partial charge on any atom is -0.497 e. The first-order valence-electron chi connectivity index (χ1n) is 6.02. The molecule has 106 valence electrons. The molecule has 3 aromatic rings. The normalized spacial score (nSPS) is 10.8. The van der Waals surface area contributed by atoms with Crippen molar-refractivity contribution in [3.8, 4) is 17.0 Å². The average molecular weight is 304 g/mol. The first-order valence-corrected chi connectivity index (χ1v) is 6.40. The molecule has 7 heteroatoms. The highest BCUT2D eigenvalue weighted by molar-refractivity contribution is 6.30. The SMILES string of the molecule is COc1cccc(-c2cc3nc(C(=O)O)cc(Cl)n3n2)c1. The molecule has 0 fully saturated rings. The van der Waals surface area contributed by atoms with E-state index in [0.29, 0.717) is 17.1 Å². The van der Waals surface area contributed by atoms with Crippen LogP contribution >= 0.6 is 11.6 Å². The van der Waals surface area contributed by atoms with Crippen molar-refractivity contribution in [3.63, 3.8) is 0 Å². The third kappa shape index (κ3) is 2.41. The molecule has 6 nitrogen and oxygen atoms in total. The number of benzene rings is 1. The fourth-order valence-electron chi connectivity index (χ4n) is 1.97. The summed E-state index contributed by atoms with van der Waals surface area (Å²) in [5, 5.41) is 13.5. The van der Waals surface area contributed by atoms with Crippen molar-refractivity contribution in [2.75, 3.05) is 7.11 Å². The van der Waals surface area contributed by atoms with Gasteiger partial charge in [0.15, 0.2) is 11.3 Å². The number of hydrogen-bond acceptors (Lipinski definition) is 4. The lowest BCUT2D eigenvalue weighted by molar-refractivity contribution is 0.0690. The molecular formula is C14H10ClN3O3. The molecule has 0 aliphatic rings. The third-order valence-electron chi connectivity index (χ3n) is 2.97. The number of carboxylic acids is 1. The number of carbonyl (C=O) groups is 1. The van der Waals surface area contributed by atoms with Gasteiger partial charge in [-0.05, 0) is 12.1 Å². The number of ether oxygens (including phenoxy) is 1. The van der Waals surface area contributed by atoms with Crippen molar-refractivity contribution < 1.29 is 14.6 Å². The number of fused-ring (bicyclic) bond motifs is 1. The van der Waals surface area contributed by atoms with Crippen molar-refractivity contribution in [1.82, 2.24) is 14.6 Å². The van der Waals surface area contributed by atoms with Gasteiger partial charge in [-0.25, -0.2) is 14.3 Å². The van der Waals surface area contributed by atoms with Gasteiger partial charge >= 0.3 is 5.97 Å². The van der Waals surface area contributed by atoms with Crippen LogP contribution in [0.25, 0.3) is 16.9 Å². The molecule has 0 saturated carbocycles. The zero-order chi connectivity index (χ0) is 15.0. The molecule has 1 aromatic carbocycles. The maximum absolute atomic E-state index is 11.0. The van der Waals surface area contributed by atoms with Crippen LogP contribution in [0.1, 0.15) is 10.5 Å². The van der Waals surface area contributed by atoms with Crippen LogP contribution in [0.5, 0.6) is 5.75 Å². The number of nitrogens with zero attached hydrogens (tertiary/aromatic N) is 3.